The van der Waals surface area contributed by atoms with Gasteiger partial charge < -0.3 is 24.4 Å². The topological polar surface area (TPSA) is 96.4 Å². The van der Waals surface area contributed by atoms with E-state index in [4.69, 9.17) is 21.1 Å². The van der Waals surface area contributed by atoms with E-state index in [2.05, 4.69) is 13.2 Å². The Bertz CT molecular complexity index is 1130. The van der Waals surface area contributed by atoms with Crippen molar-refractivity contribution < 1.29 is 29.0 Å². The first-order valence-electron chi connectivity index (χ1n) is 14.2. The number of carbonyl (C=O) groups is 3. The predicted molar refractivity (Wildman–Crippen MR) is 154 cm³/mol. The van der Waals surface area contributed by atoms with Gasteiger partial charge in [-0.05, 0) is 75.6 Å². The van der Waals surface area contributed by atoms with Gasteiger partial charge in [0.1, 0.15) is 17.6 Å². The summed E-state index contributed by atoms with van der Waals surface area (Å²) in [5.74, 6) is -2.68. The smallest absolute Gasteiger partial charge is 0.312 e. The molecule has 2 bridgehead atoms. The van der Waals surface area contributed by atoms with Crippen LogP contribution in [0.15, 0.2) is 49.6 Å². The van der Waals surface area contributed by atoms with Crippen LogP contribution >= 0.6 is 11.6 Å². The van der Waals surface area contributed by atoms with Crippen LogP contribution in [0.5, 0.6) is 0 Å². The second-order valence-electron chi connectivity index (χ2n) is 11.3. The third kappa shape index (κ3) is 5.21. The Labute approximate surface area is 241 Å². The van der Waals surface area contributed by atoms with E-state index < -0.39 is 35.0 Å². The van der Waals surface area contributed by atoms with Gasteiger partial charge >= 0.3 is 5.97 Å². The summed E-state index contributed by atoms with van der Waals surface area (Å²) >= 11 is 6.12. The van der Waals surface area contributed by atoms with Crippen LogP contribution in [0.2, 0.25) is 5.02 Å². The molecular weight excluding hydrogens is 532 g/mol. The lowest BCUT2D eigenvalue weighted by molar-refractivity contribution is -0.161. The number of unbranched alkanes of at least 4 members (excludes halogenated alkanes) is 3. The third-order valence-electron chi connectivity index (χ3n) is 8.87. The van der Waals surface area contributed by atoms with Crippen LogP contribution in [0.1, 0.15) is 52.4 Å². The highest BCUT2D eigenvalue weighted by Gasteiger charge is 2.80. The fraction of sp³-hybridized carbons (Fsp3) is 0.581. The molecule has 1 N–H and O–H groups in total. The van der Waals surface area contributed by atoms with E-state index in [1.165, 1.54) is 0 Å². The van der Waals surface area contributed by atoms with Crippen molar-refractivity contribution in [3.63, 3.8) is 0 Å². The number of ether oxygens (including phenoxy) is 2. The van der Waals surface area contributed by atoms with Gasteiger partial charge in [0.25, 0.3) is 5.91 Å². The molecule has 2 amide bonds. The number of anilines is 1. The number of rotatable bonds is 14. The molecular formula is C31H41ClN2O6. The van der Waals surface area contributed by atoms with Crippen LogP contribution in [-0.4, -0.2) is 71.3 Å². The van der Waals surface area contributed by atoms with Crippen molar-refractivity contribution in [3.8, 4) is 0 Å². The van der Waals surface area contributed by atoms with E-state index in [0.717, 1.165) is 6.42 Å². The average molecular weight is 573 g/mol. The van der Waals surface area contributed by atoms with Crippen LogP contribution in [0.4, 0.5) is 5.69 Å². The van der Waals surface area contributed by atoms with Crippen LogP contribution in [0, 0.1) is 17.8 Å². The molecule has 3 heterocycles. The van der Waals surface area contributed by atoms with E-state index in [-0.39, 0.29) is 37.5 Å². The molecule has 3 fully saturated rings. The van der Waals surface area contributed by atoms with Gasteiger partial charge in [-0.1, -0.05) is 30.7 Å². The van der Waals surface area contributed by atoms with Crippen LogP contribution < -0.4 is 4.90 Å². The first kappa shape index (κ1) is 30.3. The lowest BCUT2D eigenvalue weighted by Crippen LogP contribution is -2.57. The highest BCUT2D eigenvalue weighted by Crippen LogP contribution is 2.65. The normalized spacial score (nSPS) is 30.3. The predicted octanol–water partition coefficient (Wildman–Crippen LogP) is 4.54. The van der Waals surface area contributed by atoms with Gasteiger partial charge in [-0.2, -0.15) is 0 Å². The summed E-state index contributed by atoms with van der Waals surface area (Å²) < 4.78 is 12.4. The molecule has 0 radical (unpaired) electrons. The van der Waals surface area contributed by atoms with E-state index in [1.807, 2.05) is 13.8 Å². The molecule has 3 unspecified atom stereocenters. The summed E-state index contributed by atoms with van der Waals surface area (Å²) in [6.45, 7) is 12.3. The van der Waals surface area contributed by atoms with Crippen LogP contribution in [0.3, 0.4) is 0 Å². The van der Waals surface area contributed by atoms with Crippen molar-refractivity contribution in [2.24, 2.45) is 17.8 Å². The van der Waals surface area contributed by atoms with Gasteiger partial charge in [0, 0.05) is 30.4 Å². The molecule has 3 saturated heterocycles. The van der Waals surface area contributed by atoms with Crippen molar-refractivity contribution >= 4 is 35.1 Å². The third-order valence-corrected chi connectivity index (χ3v) is 9.12. The van der Waals surface area contributed by atoms with Gasteiger partial charge in [-0.15, -0.1) is 13.2 Å². The van der Waals surface area contributed by atoms with Crippen LogP contribution in [-0.2, 0) is 23.9 Å². The first-order valence-corrected chi connectivity index (χ1v) is 14.6. The molecule has 6 atom stereocenters. The lowest BCUT2D eigenvalue weighted by Gasteiger charge is -2.37. The quantitative estimate of drug-likeness (QED) is 0.200. The largest absolute Gasteiger partial charge is 0.465 e. The van der Waals surface area contributed by atoms with Crippen molar-refractivity contribution in [2.75, 3.05) is 31.2 Å². The summed E-state index contributed by atoms with van der Waals surface area (Å²) in [7, 11) is 0. The maximum absolute atomic E-state index is 14.5. The number of halogens is 1. The Morgan fingerprint density at radius 3 is 2.58 bits per heavy atom. The fourth-order valence-electron chi connectivity index (χ4n) is 6.90. The minimum Gasteiger partial charge on any atom is -0.465 e. The number of aliphatic hydroxyl groups is 1. The lowest BCUT2D eigenvalue weighted by atomic mass is 9.62. The molecule has 1 aromatic rings. The molecule has 0 aliphatic carbocycles. The molecule has 9 heteroatoms. The highest BCUT2D eigenvalue weighted by atomic mass is 35.5. The number of benzene rings is 1. The number of amides is 2. The molecule has 1 spiro atoms. The summed E-state index contributed by atoms with van der Waals surface area (Å²) in [5, 5.41) is 9.81. The minimum absolute atomic E-state index is 0.0608. The molecule has 0 saturated carbocycles. The Kier molecular flexibility index (Phi) is 9.43. The standard InChI is InChI=1S/C31H41ClN2O6/c1-5-7-11-19-39-29(38)25-24-27(36)34(17-9-8-10-18-35)26(31(24)20-21(3)30(25,4)40-31)28(37)33(16-6-2)23-14-12-22(32)13-15-23/h5-6,12-15,21,24-26,35H,1-2,7-11,16-20H2,3-4H3/t21?,24-,25+,26?,30-,31?/m0/s1. The maximum Gasteiger partial charge on any atom is 0.312 e. The van der Waals surface area contributed by atoms with Gasteiger partial charge in [0.2, 0.25) is 5.91 Å². The molecule has 218 valence electrons. The van der Waals surface area contributed by atoms with Gasteiger partial charge in [0.05, 0.1) is 18.1 Å². The Morgan fingerprint density at radius 1 is 1.20 bits per heavy atom. The van der Waals surface area contributed by atoms with E-state index in [1.54, 1.807) is 46.2 Å². The van der Waals surface area contributed by atoms with E-state index in [9.17, 15) is 19.5 Å². The number of likely N-dealkylation sites (tertiary alicyclic amines) is 1. The molecule has 8 nitrogen and oxygen atoms in total. The second kappa shape index (κ2) is 12.5. The van der Waals surface area contributed by atoms with Gasteiger partial charge in [0.15, 0.2) is 0 Å². The highest BCUT2D eigenvalue weighted by molar-refractivity contribution is 6.30. The van der Waals surface area contributed by atoms with Gasteiger partial charge in [-0.25, -0.2) is 0 Å². The monoisotopic (exact) mass is 572 g/mol. The number of allylic oxidation sites excluding steroid dienone is 1. The van der Waals surface area contributed by atoms with E-state index in [0.29, 0.717) is 49.4 Å². The van der Waals surface area contributed by atoms with Gasteiger partial charge in [-0.3, -0.25) is 14.4 Å². The van der Waals surface area contributed by atoms with Crippen molar-refractivity contribution in [2.45, 2.75) is 69.6 Å². The first-order chi connectivity index (χ1) is 19.2. The molecule has 0 aromatic heterocycles. The summed E-state index contributed by atoms with van der Waals surface area (Å²) in [6, 6.07) is 6.04. The Balaban J connectivity index is 1.73. The number of esters is 1. The molecule has 40 heavy (non-hydrogen) atoms. The number of aliphatic hydroxyl groups excluding tert-OH is 1. The van der Waals surface area contributed by atoms with E-state index >= 15 is 0 Å². The fourth-order valence-corrected chi connectivity index (χ4v) is 7.02. The Morgan fingerprint density at radius 2 is 1.93 bits per heavy atom. The average Bonchev–Trinajstić information content (AvgIpc) is 3.44. The molecule has 4 rings (SSSR count). The second-order valence-corrected chi connectivity index (χ2v) is 11.8. The summed E-state index contributed by atoms with van der Waals surface area (Å²) in [5.41, 5.74) is -1.46. The van der Waals surface area contributed by atoms with Crippen LogP contribution in [0.25, 0.3) is 0 Å². The van der Waals surface area contributed by atoms with Crippen molar-refractivity contribution in [1.82, 2.24) is 4.90 Å². The number of fused-ring (bicyclic) bond motifs is 1. The minimum atomic E-state index is -1.16. The zero-order valence-electron chi connectivity index (χ0n) is 23.5. The molecule has 1 aromatic carbocycles. The van der Waals surface area contributed by atoms with Crippen molar-refractivity contribution in [3.05, 3.63) is 54.6 Å². The number of hydrogen-bond acceptors (Lipinski definition) is 6. The summed E-state index contributed by atoms with van der Waals surface area (Å²) in [6.07, 6.45) is 7.18. The molecule has 3 aliphatic rings. The number of hydrogen-bond donors (Lipinski definition) is 1. The Hall–Kier alpha value is -2.68. The summed E-state index contributed by atoms with van der Waals surface area (Å²) in [4.78, 5) is 45.5. The maximum atomic E-state index is 14.5. The molecule has 3 aliphatic heterocycles. The zero-order chi connectivity index (χ0) is 29.1. The van der Waals surface area contributed by atoms with Crippen molar-refractivity contribution in [1.29, 1.82) is 0 Å². The number of carbonyl (C=O) groups excluding carboxylic acids is 3. The zero-order valence-corrected chi connectivity index (χ0v) is 24.3. The number of nitrogens with zero attached hydrogens (tertiary/aromatic N) is 2. The SMILES string of the molecule is C=CCCCOC(=O)[C@H]1[C@H]2C(=O)N(CCCCCO)C(C(=O)N(CC=C)c3ccc(Cl)cc3)C23CC(C)[C@]1(C)O3.